The van der Waals surface area contributed by atoms with Crippen molar-refractivity contribution in [3.63, 3.8) is 0 Å². The van der Waals surface area contributed by atoms with Gasteiger partial charge in [0.25, 0.3) is 0 Å². The highest BCUT2D eigenvalue weighted by Crippen LogP contribution is 2.45. The molecular formula is C17H32N2. The van der Waals surface area contributed by atoms with Crippen molar-refractivity contribution in [3.05, 3.63) is 0 Å². The molecule has 1 aliphatic heterocycles. The van der Waals surface area contributed by atoms with Crippen molar-refractivity contribution >= 4 is 0 Å². The summed E-state index contributed by atoms with van der Waals surface area (Å²) in [5, 5.41) is 3.84. The quantitative estimate of drug-likeness (QED) is 0.838. The van der Waals surface area contributed by atoms with Gasteiger partial charge in [-0.3, -0.25) is 4.90 Å². The first-order valence-corrected chi connectivity index (χ1v) is 8.58. The lowest BCUT2D eigenvalue weighted by atomic mass is 9.86. The third-order valence-electron chi connectivity index (χ3n) is 6.08. The summed E-state index contributed by atoms with van der Waals surface area (Å²) in [6.45, 7) is 11.1. The molecule has 2 heteroatoms. The van der Waals surface area contributed by atoms with Crippen molar-refractivity contribution in [3.8, 4) is 0 Å². The number of hydrogen-bond donors (Lipinski definition) is 1. The van der Waals surface area contributed by atoms with E-state index in [0.717, 1.165) is 17.8 Å². The lowest BCUT2D eigenvalue weighted by molar-refractivity contribution is 0.0138. The Hall–Kier alpha value is -0.0800. The Bertz CT molecular complexity index is 302. The van der Waals surface area contributed by atoms with Gasteiger partial charge in [0, 0.05) is 31.2 Å². The van der Waals surface area contributed by atoms with E-state index in [4.69, 9.17) is 0 Å². The summed E-state index contributed by atoms with van der Waals surface area (Å²) in [6.07, 6.45) is 8.85. The van der Waals surface area contributed by atoms with Gasteiger partial charge in [-0.15, -0.1) is 0 Å². The molecular weight excluding hydrogens is 232 g/mol. The predicted molar refractivity (Wildman–Crippen MR) is 81.3 cm³/mol. The SMILES string of the molecule is CC(C)C1CN(CC2CCCC2)C(C)(C2CC2)CN1. The highest BCUT2D eigenvalue weighted by Gasteiger charge is 2.48. The molecule has 1 heterocycles. The van der Waals surface area contributed by atoms with Crippen LogP contribution < -0.4 is 5.32 Å². The van der Waals surface area contributed by atoms with Crippen molar-refractivity contribution in [1.29, 1.82) is 0 Å². The predicted octanol–water partition coefficient (Wildman–Crippen LogP) is 3.28. The number of piperazine rings is 1. The zero-order chi connectivity index (χ0) is 13.5. The molecule has 2 saturated carbocycles. The van der Waals surface area contributed by atoms with Crippen molar-refractivity contribution in [2.75, 3.05) is 19.6 Å². The van der Waals surface area contributed by atoms with Crippen LogP contribution in [-0.4, -0.2) is 36.1 Å². The van der Waals surface area contributed by atoms with E-state index in [-0.39, 0.29) is 0 Å². The summed E-state index contributed by atoms with van der Waals surface area (Å²) < 4.78 is 0. The van der Waals surface area contributed by atoms with Gasteiger partial charge in [-0.25, -0.2) is 0 Å². The molecule has 0 spiro atoms. The second-order valence-corrected chi connectivity index (χ2v) is 7.92. The Morgan fingerprint density at radius 2 is 1.84 bits per heavy atom. The van der Waals surface area contributed by atoms with Crippen LogP contribution in [0.5, 0.6) is 0 Å². The average Bonchev–Trinajstić information content (AvgIpc) is 3.12. The molecule has 0 aromatic heterocycles. The van der Waals surface area contributed by atoms with Crippen LogP contribution in [0.15, 0.2) is 0 Å². The van der Waals surface area contributed by atoms with E-state index in [1.165, 1.54) is 58.2 Å². The molecule has 1 saturated heterocycles. The van der Waals surface area contributed by atoms with E-state index < -0.39 is 0 Å². The summed E-state index contributed by atoms with van der Waals surface area (Å²) >= 11 is 0. The maximum Gasteiger partial charge on any atom is 0.0334 e. The molecule has 3 fully saturated rings. The van der Waals surface area contributed by atoms with E-state index in [1.807, 2.05) is 0 Å². The molecule has 19 heavy (non-hydrogen) atoms. The average molecular weight is 264 g/mol. The minimum Gasteiger partial charge on any atom is -0.311 e. The first-order valence-electron chi connectivity index (χ1n) is 8.58. The van der Waals surface area contributed by atoms with Gasteiger partial charge in [0.1, 0.15) is 0 Å². The van der Waals surface area contributed by atoms with Crippen LogP contribution in [0.3, 0.4) is 0 Å². The fraction of sp³-hybridized carbons (Fsp3) is 1.00. The van der Waals surface area contributed by atoms with E-state index in [0.29, 0.717) is 11.6 Å². The molecule has 2 nitrogen and oxygen atoms in total. The summed E-state index contributed by atoms with van der Waals surface area (Å²) in [6, 6.07) is 0.702. The van der Waals surface area contributed by atoms with Crippen LogP contribution in [0.25, 0.3) is 0 Å². The van der Waals surface area contributed by atoms with Gasteiger partial charge in [0.05, 0.1) is 0 Å². The number of hydrogen-bond acceptors (Lipinski definition) is 2. The maximum absolute atomic E-state index is 3.84. The van der Waals surface area contributed by atoms with Gasteiger partial charge < -0.3 is 5.32 Å². The van der Waals surface area contributed by atoms with E-state index in [2.05, 4.69) is 31.0 Å². The Morgan fingerprint density at radius 1 is 1.16 bits per heavy atom. The molecule has 2 aliphatic carbocycles. The Balaban J connectivity index is 1.69. The van der Waals surface area contributed by atoms with Crippen LogP contribution in [0.2, 0.25) is 0 Å². The molecule has 2 atom stereocenters. The third kappa shape index (κ3) is 2.85. The lowest BCUT2D eigenvalue weighted by Gasteiger charge is -2.50. The van der Waals surface area contributed by atoms with Crippen LogP contribution in [-0.2, 0) is 0 Å². The lowest BCUT2D eigenvalue weighted by Crippen LogP contribution is -2.66. The topological polar surface area (TPSA) is 15.3 Å². The van der Waals surface area contributed by atoms with Crippen LogP contribution >= 0.6 is 0 Å². The molecule has 0 bridgehead atoms. The molecule has 1 N–H and O–H groups in total. The second kappa shape index (κ2) is 5.37. The summed E-state index contributed by atoms with van der Waals surface area (Å²) in [4.78, 5) is 2.89. The number of nitrogens with zero attached hydrogens (tertiary/aromatic N) is 1. The van der Waals surface area contributed by atoms with Crippen molar-refractivity contribution in [1.82, 2.24) is 10.2 Å². The first-order chi connectivity index (χ1) is 9.09. The zero-order valence-corrected chi connectivity index (χ0v) is 13.1. The third-order valence-corrected chi connectivity index (χ3v) is 6.08. The van der Waals surface area contributed by atoms with Gasteiger partial charge in [0.15, 0.2) is 0 Å². The minimum absolute atomic E-state index is 0.452. The number of rotatable bonds is 4. The largest absolute Gasteiger partial charge is 0.311 e. The van der Waals surface area contributed by atoms with Crippen LogP contribution in [0.1, 0.15) is 59.3 Å². The smallest absolute Gasteiger partial charge is 0.0334 e. The van der Waals surface area contributed by atoms with Gasteiger partial charge >= 0.3 is 0 Å². The molecule has 0 radical (unpaired) electrons. The van der Waals surface area contributed by atoms with Gasteiger partial charge in [0.2, 0.25) is 0 Å². The van der Waals surface area contributed by atoms with Crippen molar-refractivity contribution in [2.45, 2.75) is 70.9 Å². The summed E-state index contributed by atoms with van der Waals surface area (Å²) in [5.74, 6) is 2.72. The van der Waals surface area contributed by atoms with Crippen LogP contribution in [0, 0.1) is 17.8 Å². The molecule has 110 valence electrons. The Labute approximate surface area is 119 Å². The summed E-state index contributed by atoms with van der Waals surface area (Å²) in [7, 11) is 0. The molecule has 2 unspecified atom stereocenters. The van der Waals surface area contributed by atoms with Gasteiger partial charge in [-0.2, -0.15) is 0 Å². The summed E-state index contributed by atoms with van der Waals surface area (Å²) in [5.41, 5.74) is 0.452. The molecule has 0 aromatic rings. The monoisotopic (exact) mass is 264 g/mol. The molecule has 3 rings (SSSR count). The highest BCUT2D eigenvalue weighted by molar-refractivity contribution is 5.05. The fourth-order valence-corrected chi connectivity index (χ4v) is 4.30. The van der Waals surface area contributed by atoms with Gasteiger partial charge in [-0.05, 0) is 50.4 Å². The molecule has 0 aromatic carbocycles. The van der Waals surface area contributed by atoms with Crippen molar-refractivity contribution in [2.24, 2.45) is 17.8 Å². The normalized spacial score (nSPS) is 38.2. The van der Waals surface area contributed by atoms with E-state index in [9.17, 15) is 0 Å². The molecule has 3 aliphatic rings. The Morgan fingerprint density at radius 3 is 2.42 bits per heavy atom. The maximum atomic E-state index is 3.84. The number of nitrogens with one attached hydrogen (secondary N) is 1. The first kappa shape index (κ1) is 13.9. The van der Waals surface area contributed by atoms with E-state index >= 15 is 0 Å². The zero-order valence-electron chi connectivity index (χ0n) is 13.1. The fourth-order valence-electron chi connectivity index (χ4n) is 4.30. The molecule has 0 amide bonds. The van der Waals surface area contributed by atoms with Crippen molar-refractivity contribution < 1.29 is 0 Å². The Kier molecular flexibility index (Phi) is 3.92. The van der Waals surface area contributed by atoms with Crippen LogP contribution in [0.4, 0.5) is 0 Å². The minimum atomic E-state index is 0.452. The van der Waals surface area contributed by atoms with E-state index in [1.54, 1.807) is 0 Å². The second-order valence-electron chi connectivity index (χ2n) is 7.92. The van der Waals surface area contributed by atoms with Gasteiger partial charge in [-0.1, -0.05) is 26.7 Å². The highest BCUT2D eigenvalue weighted by atomic mass is 15.3. The standard InChI is InChI=1S/C17H32N2/c1-13(2)16-11-19(10-14-6-4-5-7-14)17(3,12-18-16)15-8-9-15/h13-16,18H,4-12H2,1-3H3.